The second-order valence-electron chi connectivity index (χ2n) is 10.3. The van der Waals surface area contributed by atoms with Crippen LogP contribution in [-0.4, -0.2) is 59.3 Å². The lowest BCUT2D eigenvalue weighted by atomic mass is 9.96. The van der Waals surface area contributed by atoms with Gasteiger partial charge in [0.05, 0.1) is 18.0 Å². The number of fused-ring (bicyclic) bond motifs is 1. The monoisotopic (exact) mass is 536 g/mol. The van der Waals surface area contributed by atoms with Crippen molar-refractivity contribution >= 4 is 15.9 Å². The number of methoxy groups -OCH3 is 1. The van der Waals surface area contributed by atoms with E-state index < -0.39 is 16.1 Å². The van der Waals surface area contributed by atoms with Crippen LogP contribution in [0.3, 0.4) is 0 Å². The lowest BCUT2D eigenvalue weighted by molar-refractivity contribution is -0.136. The van der Waals surface area contributed by atoms with E-state index in [2.05, 4.69) is 9.55 Å². The van der Waals surface area contributed by atoms with Crippen LogP contribution in [0.25, 0.3) is 0 Å². The van der Waals surface area contributed by atoms with Gasteiger partial charge in [-0.3, -0.25) is 9.78 Å². The average Bonchev–Trinajstić information content (AvgIpc) is 3.38. The van der Waals surface area contributed by atoms with Gasteiger partial charge in [0.15, 0.2) is 0 Å². The summed E-state index contributed by atoms with van der Waals surface area (Å²) >= 11 is 0. The Hall–Kier alpha value is -3.17. The fraction of sp³-hybridized carbons (Fsp3) is 0.448. The second kappa shape index (κ2) is 10.9. The van der Waals surface area contributed by atoms with Gasteiger partial charge >= 0.3 is 0 Å². The summed E-state index contributed by atoms with van der Waals surface area (Å²) in [4.78, 5) is 20.6. The van der Waals surface area contributed by atoms with E-state index in [0.717, 1.165) is 30.7 Å². The molecule has 0 aliphatic carbocycles. The van der Waals surface area contributed by atoms with Crippen molar-refractivity contribution in [3.63, 3.8) is 0 Å². The third-order valence-corrected chi connectivity index (χ3v) is 10.1. The first-order valence-corrected chi connectivity index (χ1v) is 14.7. The molecule has 4 heterocycles. The summed E-state index contributed by atoms with van der Waals surface area (Å²) in [7, 11) is -2.30. The van der Waals surface area contributed by atoms with Crippen molar-refractivity contribution in [3.05, 3.63) is 77.4 Å². The van der Waals surface area contributed by atoms with E-state index >= 15 is 0 Å². The first-order valence-electron chi connectivity index (χ1n) is 13.3. The largest absolute Gasteiger partial charge is 0.497 e. The summed E-state index contributed by atoms with van der Waals surface area (Å²) in [5.74, 6) is 0.621. The average molecular weight is 537 g/mol. The topological polar surface area (TPSA) is 84.7 Å². The van der Waals surface area contributed by atoms with Crippen molar-refractivity contribution in [2.24, 2.45) is 0 Å². The maximum atomic E-state index is 14.2. The molecule has 3 aromatic rings. The number of ether oxygens (including phenoxy) is 1. The molecule has 1 aromatic carbocycles. The van der Waals surface area contributed by atoms with Crippen LogP contribution in [0.15, 0.2) is 59.8 Å². The van der Waals surface area contributed by atoms with E-state index in [4.69, 9.17) is 4.74 Å². The van der Waals surface area contributed by atoms with Gasteiger partial charge in [-0.05, 0) is 80.6 Å². The van der Waals surface area contributed by atoms with E-state index in [1.54, 1.807) is 43.6 Å². The predicted octanol–water partition coefficient (Wildman–Crippen LogP) is 4.27. The first kappa shape index (κ1) is 26.4. The highest BCUT2D eigenvalue weighted by molar-refractivity contribution is 7.89. The fourth-order valence-electron chi connectivity index (χ4n) is 6.07. The molecule has 0 spiro atoms. The van der Waals surface area contributed by atoms with Crippen LogP contribution in [0.1, 0.15) is 54.2 Å². The normalized spacial score (nSPS) is 20.2. The smallest absolute Gasteiger partial charge is 0.244 e. The second-order valence-corrected chi connectivity index (χ2v) is 12.1. The predicted molar refractivity (Wildman–Crippen MR) is 145 cm³/mol. The van der Waals surface area contributed by atoms with E-state index in [9.17, 15) is 13.2 Å². The Labute approximate surface area is 225 Å². The summed E-state index contributed by atoms with van der Waals surface area (Å²) in [5, 5.41) is 0. The Morgan fingerprint density at radius 1 is 1.05 bits per heavy atom. The summed E-state index contributed by atoms with van der Waals surface area (Å²) < 4.78 is 37.3. The molecule has 2 aliphatic rings. The van der Waals surface area contributed by atoms with Gasteiger partial charge in [0.2, 0.25) is 15.9 Å². The van der Waals surface area contributed by atoms with Crippen molar-refractivity contribution in [2.75, 3.05) is 20.2 Å². The van der Waals surface area contributed by atoms with Gasteiger partial charge in [0, 0.05) is 62.3 Å². The molecule has 9 heteroatoms. The highest BCUT2D eigenvalue weighted by atomic mass is 32.2. The molecule has 2 unspecified atom stereocenters. The van der Waals surface area contributed by atoms with Gasteiger partial charge < -0.3 is 14.2 Å². The highest BCUT2D eigenvalue weighted by Crippen LogP contribution is 2.37. The third-order valence-electron chi connectivity index (χ3n) is 7.84. The molecule has 2 atom stereocenters. The Kier molecular flexibility index (Phi) is 7.59. The Morgan fingerprint density at radius 2 is 1.84 bits per heavy atom. The summed E-state index contributed by atoms with van der Waals surface area (Å²) in [6, 6.07) is 12.7. The lowest BCUT2D eigenvalue weighted by Crippen LogP contribution is -2.48. The maximum Gasteiger partial charge on any atom is 0.244 e. The number of carbonyl (C=O) groups excluding carboxylic acids is 1. The Bertz CT molecular complexity index is 1380. The van der Waals surface area contributed by atoms with Gasteiger partial charge in [-0.1, -0.05) is 6.07 Å². The molecule has 1 saturated heterocycles. The lowest BCUT2D eigenvalue weighted by Gasteiger charge is -2.40. The minimum atomic E-state index is -3.87. The molecule has 2 aromatic heterocycles. The molecule has 2 aliphatic heterocycles. The van der Waals surface area contributed by atoms with Gasteiger partial charge in [0.1, 0.15) is 5.75 Å². The van der Waals surface area contributed by atoms with Crippen LogP contribution in [-0.2, 0) is 27.8 Å². The van der Waals surface area contributed by atoms with Gasteiger partial charge in [-0.25, -0.2) is 8.42 Å². The molecule has 1 fully saturated rings. The van der Waals surface area contributed by atoms with E-state index in [1.165, 1.54) is 0 Å². The third kappa shape index (κ3) is 5.09. The minimum Gasteiger partial charge on any atom is -0.497 e. The number of nitrogens with zero attached hydrogens (tertiary/aromatic N) is 4. The molecule has 1 amide bonds. The number of pyridine rings is 1. The van der Waals surface area contributed by atoms with Crippen LogP contribution in [0.2, 0.25) is 0 Å². The number of hydrogen-bond acceptors (Lipinski definition) is 5. The number of likely N-dealkylation sites (tertiary alicyclic amines) is 1. The molecule has 5 rings (SSSR count). The Balaban J connectivity index is 1.45. The van der Waals surface area contributed by atoms with Crippen LogP contribution in [0.5, 0.6) is 5.75 Å². The number of hydrogen-bond donors (Lipinski definition) is 0. The Morgan fingerprint density at radius 3 is 2.55 bits per heavy atom. The number of carbonyl (C=O) groups is 1. The zero-order chi connectivity index (χ0) is 26.9. The quantitative estimate of drug-likeness (QED) is 0.450. The highest BCUT2D eigenvalue weighted by Gasteiger charge is 2.40. The number of amides is 1. The molecule has 38 heavy (non-hydrogen) atoms. The molecule has 0 bridgehead atoms. The fourth-order valence-corrected chi connectivity index (χ4v) is 8.08. The molecule has 202 valence electrons. The van der Waals surface area contributed by atoms with Gasteiger partial charge in [0.25, 0.3) is 0 Å². The molecule has 8 nitrogen and oxygen atoms in total. The van der Waals surface area contributed by atoms with Crippen LogP contribution in [0.4, 0.5) is 0 Å². The SMILES string of the molecule is COc1cc(C)c(S(=O)(=O)N2CCn3cccc3C2CC(=O)N2CCCCC2Cc2ccccn2)c(C)c1. The summed E-state index contributed by atoms with van der Waals surface area (Å²) in [6.45, 7) is 5.14. The number of piperidine rings is 1. The number of sulfonamides is 1. The van der Waals surface area contributed by atoms with Crippen molar-refractivity contribution in [1.29, 1.82) is 0 Å². The number of benzene rings is 1. The van der Waals surface area contributed by atoms with E-state index in [0.29, 0.717) is 47.8 Å². The zero-order valence-electron chi connectivity index (χ0n) is 22.3. The molecule has 0 radical (unpaired) electrons. The van der Waals surface area contributed by atoms with E-state index in [-0.39, 0.29) is 18.4 Å². The van der Waals surface area contributed by atoms with Crippen LogP contribution >= 0.6 is 0 Å². The van der Waals surface area contributed by atoms with Gasteiger partial charge in [-0.15, -0.1) is 0 Å². The molecule has 0 N–H and O–H groups in total. The standard InChI is InChI=1S/C29H36N4O4S/c1-21-17-25(37-3)18-22(2)29(21)38(35,36)33-16-15-31-13-8-11-26(31)27(33)20-28(34)32-14-7-5-10-24(32)19-23-9-4-6-12-30-23/h4,6,8-9,11-13,17-18,24,27H,5,7,10,14-16,19-20H2,1-3H3. The minimum absolute atomic E-state index is 0.00587. The number of aryl methyl sites for hydroxylation is 2. The number of aromatic nitrogens is 2. The zero-order valence-corrected chi connectivity index (χ0v) is 23.2. The van der Waals surface area contributed by atoms with Crippen LogP contribution < -0.4 is 4.74 Å². The van der Waals surface area contributed by atoms with Crippen molar-refractivity contribution in [1.82, 2.24) is 18.8 Å². The van der Waals surface area contributed by atoms with Crippen molar-refractivity contribution in [3.8, 4) is 5.75 Å². The first-order chi connectivity index (χ1) is 18.3. The van der Waals surface area contributed by atoms with E-state index in [1.807, 2.05) is 41.4 Å². The van der Waals surface area contributed by atoms with Gasteiger partial charge in [-0.2, -0.15) is 4.31 Å². The maximum absolute atomic E-state index is 14.2. The molecular formula is C29H36N4O4S. The molecular weight excluding hydrogens is 500 g/mol. The van der Waals surface area contributed by atoms with Crippen molar-refractivity contribution in [2.45, 2.75) is 69.5 Å². The molecule has 0 saturated carbocycles. The van der Waals surface area contributed by atoms with Crippen molar-refractivity contribution < 1.29 is 17.9 Å². The summed E-state index contributed by atoms with van der Waals surface area (Å²) in [6.07, 6.45) is 7.52. The summed E-state index contributed by atoms with van der Waals surface area (Å²) in [5.41, 5.74) is 3.10. The number of rotatable bonds is 7. The van der Waals surface area contributed by atoms with Crippen LogP contribution in [0, 0.1) is 13.8 Å².